The van der Waals surface area contributed by atoms with Crippen molar-refractivity contribution in [3.05, 3.63) is 58.7 Å². The van der Waals surface area contributed by atoms with Gasteiger partial charge in [-0.1, -0.05) is 91.8 Å². The Hall–Kier alpha value is -1.80. The van der Waals surface area contributed by atoms with Crippen molar-refractivity contribution in [3.8, 4) is 0 Å². The SMILES string of the molecule is CC(C)c1cccc(C(C)C)c1N1C=[N+](c2c(C(C)C)cccc2C(C)C)CC1(C)C.[Cl-]. The first-order chi connectivity index (χ1) is 14.5. The quantitative estimate of drug-likeness (QED) is 0.546. The fourth-order valence-corrected chi connectivity index (χ4v) is 4.96. The fraction of sp³-hybridized carbons (Fsp3) is 0.552. The highest BCUT2D eigenvalue weighted by Gasteiger charge is 2.44. The molecule has 0 bridgehead atoms. The van der Waals surface area contributed by atoms with Crippen molar-refractivity contribution in [2.24, 2.45) is 0 Å². The minimum atomic E-state index is 0. The summed E-state index contributed by atoms with van der Waals surface area (Å²) in [5.74, 6) is 1.96. The van der Waals surface area contributed by atoms with Crippen LogP contribution in [0.15, 0.2) is 36.4 Å². The Morgan fingerprint density at radius 3 is 1.44 bits per heavy atom. The summed E-state index contributed by atoms with van der Waals surface area (Å²) >= 11 is 0. The van der Waals surface area contributed by atoms with Crippen LogP contribution in [-0.2, 0) is 0 Å². The van der Waals surface area contributed by atoms with Crippen molar-refractivity contribution < 1.29 is 17.0 Å². The molecule has 1 heterocycles. The molecular formula is C29H43ClN2. The van der Waals surface area contributed by atoms with E-state index in [1.165, 1.54) is 33.6 Å². The Morgan fingerprint density at radius 1 is 0.688 bits per heavy atom. The molecule has 0 saturated heterocycles. The van der Waals surface area contributed by atoms with Crippen LogP contribution in [0.5, 0.6) is 0 Å². The van der Waals surface area contributed by atoms with E-state index in [0.717, 1.165) is 6.54 Å². The lowest BCUT2D eigenvalue weighted by molar-refractivity contribution is -0.434. The summed E-state index contributed by atoms with van der Waals surface area (Å²) in [6.45, 7) is 24.3. The Morgan fingerprint density at radius 2 is 1.06 bits per heavy atom. The molecule has 0 aromatic heterocycles. The number of hydrogen-bond donors (Lipinski definition) is 0. The molecule has 0 N–H and O–H groups in total. The molecule has 3 heteroatoms. The van der Waals surface area contributed by atoms with Crippen LogP contribution < -0.4 is 17.3 Å². The average Bonchev–Trinajstić information content (AvgIpc) is 3.00. The first-order valence-electron chi connectivity index (χ1n) is 12.1. The van der Waals surface area contributed by atoms with Gasteiger partial charge in [-0.2, -0.15) is 0 Å². The van der Waals surface area contributed by atoms with Crippen molar-refractivity contribution in [2.45, 2.75) is 98.4 Å². The topological polar surface area (TPSA) is 6.25 Å². The van der Waals surface area contributed by atoms with Crippen molar-refractivity contribution in [1.82, 2.24) is 0 Å². The van der Waals surface area contributed by atoms with Gasteiger partial charge in [0.05, 0.1) is 0 Å². The second-order valence-corrected chi connectivity index (χ2v) is 11.1. The molecule has 0 amide bonds. The number of nitrogens with zero attached hydrogens (tertiary/aromatic N) is 2. The standard InChI is InChI=1S/C29H43N2.ClH/c1-19(2)23-13-11-14-24(20(3)4)27(23)30-17-29(9,10)31(18-30)28-25(21(5)6)15-12-16-26(28)22(7)8;/h11-16,18-22H,17H2,1-10H3;1H/q+1;/p-1. The van der Waals surface area contributed by atoms with Crippen LogP contribution in [0.25, 0.3) is 0 Å². The third-order valence-electron chi connectivity index (χ3n) is 6.68. The van der Waals surface area contributed by atoms with Gasteiger partial charge in [-0.3, -0.25) is 0 Å². The van der Waals surface area contributed by atoms with Gasteiger partial charge in [0.15, 0.2) is 0 Å². The molecular weight excluding hydrogens is 412 g/mol. The minimum Gasteiger partial charge on any atom is -1.00 e. The predicted octanol–water partition coefficient (Wildman–Crippen LogP) is 5.16. The van der Waals surface area contributed by atoms with Crippen LogP contribution in [0.3, 0.4) is 0 Å². The van der Waals surface area contributed by atoms with Gasteiger partial charge in [-0.25, -0.2) is 9.48 Å². The number of hydrogen-bond acceptors (Lipinski definition) is 1. The maximum Gasteiger partial charge on any atom is 0.245 e. The Labute approximate surface area is 203 Å². The van der Waals surface area contributed by atoms with E-state index in [1.54, 1.807) is 0 Å². The highest BCUT2D eigenvalue weighted by atomic mass is 35.5. The first kappa shape index (κ1) is 26.5. The lowest BCUT2D eigenvalue weighted by Crippen LogP contribution is -3.00. The van der Waals surface area contributed by atoms with E-state index >= 15 is 0 Å². The van der Waals surface area contributed by atoms with Crippen molar-refractivity contribution >= 4 is 17.7 Å². The molecule has 1 aliphatic rings. The molecule has 0 fully saturated rings. The van der Waals surface area contributed by atoms with Crippen LogP contribution in [0.1, 0.15) is 115 Å². The van der Waals surface area contributed by atoms with Crippen LogP contribution in [-0.4, -0.2) is 23.0 Å². The molecule has 0 atom stereocenters. The minimum absolute atomic E-state index is 0. The monoisotopic (exact) mass is 454 g/mol. The normalized spacial score (nSPS) is 15.7. The third kappa shape index (κ3) is 4.91. The Kier molecular flexibility index (Phi) is 8.26. The highest BCUT2D eigenvalue weighted by Crippen LogP contribution is 2.42. The average molecular weight is 455 g/mol. The van der Waals surface area contributed by atoms with E-state index in [-0.39, 0.29) is 17.9 Å². The van der Waals surface area contributed by atoms with Gasteiger partial charge in [0.1, 0.15) is 23.5 Å². The second-order valence-electron chi connectivity index (χ2n) is 11.1. The highest BCUT2D eigenvalue weighted by molar-refractivity contribution is 5.84. The summed E-state index contributed by atoms with van der Waals surface area (Å²) in [4.78, 5) is 2.57. The molecule has 2 aromatic rings. The van der Waals surface area contributed by atoms with Crippen molar-refractivity contribution in [3.63, 3.8) is 0 Å². The van der Waals surface area contributed by atoms with Gasteiger partial charge in [0, 0.05) is 22.3 Å². The van der Waals surface area contributed by atoms with Gasteiger partial charge in [0.2, 0.25) is 6.34 Å². The molecule has 0 aliphatic carbocycles. The number of para-hydroxylation sites is 2. The van der Waals surface area contributed by atoms with Crippen LogP contribution >= 0.6 is 0 Å². The lowest BCUT2D eigenvalue weighted by Gasteiger charge is -2.29. The molecule has 0 saturated carbocycles. The molecule has 2 aromatic carbocycles. The van der Waals surface area contributed by atoms with Crippen LogP contribution in [0.4, 0.5) is 11.4 Å². The van der Waals surface area contributed by atoms with Gasteiger partial charge in [0.25, 0.3) is 0 Å². The molecule has 0 spiro atoms. The smallest absolute Gasteiger partial charge is 0.245 e. The summed E-state index contributed by atoms with van der Waals surface area (Å²) in [5, 5.41) is 0. The maximum absolute atomic E-state index is 2.57. The maximum atomic E-state index is 2.57. The number of anilines is 1. The molecule has 3 rings (SSSR count). The zero-order chi connectivity index (χ0) is 23.1. The molecule has 0 unspecified atom stereocenters. The van der Waals surface area contributed by atoms with E-state index in [4.69, 9.17) is 0 Å². The molecule has 32 heavy (non-hydrogen) atoms. The molecule has 176 valence electrons. The zero-order valence-corrected chi connectivity index (χ0v) is 22.6. The molecule has 2 nitrogen and oxygen atoms in total. The lowest BCUT2D eigenvalue weighted by atomic mass is 9.90. The van der Waals surface area contributed by atoms with Gasteiger partial charge in [-0.05, 0) is 37.5 Å². The summed E-state index contributed by atoms with van der Waals surface area (Å²) in [6.07, 6.45) is 2.40. The predicted molar refractivity (Wildman–Crippen MR) is 137 cm³/mol. The van der Waals surface area contributed by atoms with Crippen molar-refractivity contribution in [1.29, 1.82) is 0 Å². The number of benzene rings is 2. The molecule has 0 radical (unpaired) electrons. The summed E-state index contributed by atoms with van der Waals surface area (Å²) in [5.41, 5.74) is 8.61. The Bertz CT molecular complexity index is 915. The first-order valence-corrected chi connectivity index (χ1v) is 12.1. The zero-order valence-electron chi connectivity index (χ0n) is 21.8. The van der Waals surface area contributed by atoms with E-state index < -0.39 is 0 Å². The number of rotatable bonds is 6. The summed E-state index contributed by atoms with van der Waals surface area (Å²) in [7, 11) is 0. The van der Waals surface area contributed by atoms with E-state index in [9.17, 15) is 0 Å². The largest absolute Gasteiger partial charge is 1.00 e. The van der Waals surface area contributed by atoms with Crippen molar-refractivity contribution in [2.75, 3.05) is 11.4 Å². The van der Waals surface area contributed by atoms with Crippen LogP contribution in [0.2, 0.25) is 0 Å². The summed E-state index contributed by atoms with van der Waals surface area (Å²) in [6, 6.07) is 13.7. The third-order valence-corrected chi connectivity index (χ3v) is 6.68. The van der Waals surface area contributed by atoms with E-state index in [2.05, 4.69) is 121 Å². The number of halogens is 1. The van der Waals surface area contributed by atoms with E-state index in [0.29, 0.717) is 23.7 Å². The van der Waals surface area contributed by atoms with E-state index in [1.807, 2.05) is 0 Å². The summed E-state index contributed by atoms with van der Waals surface area (Å²) < 4.78 is 2.53. The fourth-order valence-electron chi connectivity index (χ4n) is 4.96. The molecule has 1 aliphatic heterocycles. The van der Waals surface area contributed by atoms with Gasteiger partial charge in [-0.15, -0.1) is 0 Å². The second kappa shape index (κ2) is 10.00. The van der Waals surface area contributed by atoms with Gasteiger partial charge >= 0.3 is 0 Å². The Balaban J connectivity index is 0.00000363. The van der Waals surface area contributed by atoms with Gasteiger partial charge < -0.3 is 12.4 Å². The van der Waals surface area contributed by atoms with Crippen LogP contribution in [0, 0.1) is 0 Å².